The molecule has 0 aromatic heterocycles. The Kier molecular flexibility index (Phi) is 18.9. The molecule has 9 aliphatic carbocycles. The average Bonchev–Trinajstić information content (AvgIpc) is 4.00. The monoisotopic (exact) mass is 841 g/mol. The normalized spacial score (nSPS) is 40.9. The standard InChI is InChI=1S/C12H20.C11H20.C9H16.C8H16.C6H12O.C5H10O2.C5H10O/c1-12(2)10-4-8-3-9(6-10)7-11(12)5-8;1-10(2)7-8-5-6-9(10)11(8,3)4;1-9(2)6-7-3-4-8(9)5-7;1-8(2)6-4-3-5-7-8;1-6-4-2-3-5-7-6;1-5-4-6-2-3-7-5;1-5-3-2-4-6-5/h8-11H,3-7H2,1-2H3;8-9H,5-7H2,1-4H3;7-8H,3-6H2,1-2H3;3-7H2,1-2H3;6H,2-5H2,1H3;5H,2-4H2,1H3;5H,2-4H2,1H3. The van der Waals surface area contributed by atoms with Crippen LogP contribution in [0.3, 0.4) is 0 Å². The van der Waals surface area contributed by atoms with Crippen LogP contribution in [0.2, 0.25) is 0 Å². The van der Waals surface area contributed by atoms with Crippen molar-refractivity contribution < 1.29 is 18.9 Å². The Bertz CT molecular complexity index is 1160. The predicted octanol–water partition coefficient (Wildman–Crippen LogP) is 15.9. The van der Waals surface area contributed by atoms with E-state index >= 15 is 0 Å². The molecule has 0 aromatic rings. The predicted molar refractivity (Wildman–Crippen MR) is 255 cm³/mol. The summed E-state index contributed by atoms with van der Waals surface area (Å²) in [6.45, 7) is 35.1. The lowest BCUT2D eigenvalue weighted by Crippen LogP contribution is -2.49. The Morgan fingerprint density at radius 3 is 1.20 bits per heavy atom. The number of ether oxygens (including phenoxy) is 4. The fraction of sp³-hybridized carbons (Fsp3) is 1.00. The van der Waals surface area contributed by atoms with Crippen LogP contribution >= 0.6 is 0 Å². The fourth-order valence-corrected chi connectivity index (χ4v) is 15.0. The first-order valence-corrected chi connectivity index (χ1v) is 26.6. The van der Waals surface area contributed by atoms with Gasteiger partial charge in [-0.15, -0.1) is 0 Å². The van der Waals surface area contributed by atoms with Gasteiger partial charge in [0.05, 0.1) is 38.1 Å². The molecule has 4 heteroatoms. The van der Waals surface area contributed by atoms with Crippen LogP contribution in [0.5, 0.6) is 0 Å². The number of hydrogen-bond acceptors (Lipinski definition) is 4. The van der Waals surface area contributed by atoms with E-state index < -0.39 is 0 Å². The Balaban J connectivity index is 0.000000135. The quantitative estimate of drug-likeness (QED) is 0.243. The highest BCUT2D eigenvalue weighted by Crippen LogP contribution is 2.65. The smallest absolute Gasteiger partial charge is 0.0781 e. The molecule has 12 fully saturated rings. The van der Waals surface area contributed by atoms with E-state index in [0.717, 1.165) is 80.4 Å². The third-order valence-corrected chi connectivity index (χ3v) is 18.9. The van der Waals surface area contributed by atoms with Crippen LogP contribution < -0.4 is 0 Å². The topological polar surface area (TPSA) is 36.9 Å². The van der Waals surface area contributed by atoms with Crippen LogP contribution in [-0.2, 0) is 18.9 Å². The fourth-order valence-electron chi connectivity index (χ4n) is 15.0. The third-order valence-electron chi connectivity index (χ3n) is 18.9. The first-order valence-electron chi connectivity index (χ1n) is 26.6. The molecule has 9 saturated carbocycles. The van der Waals surface area contributed by atoms with Gasteiger partial charge in [0.2, 0.25) is 0 Å². The summed E-state index contributed by atoms with van der Waals surface area (Å²) < 4.78 is 20.6. The molecular weight excluding hydrogens is 737 g/mol. The number of hydrogen-bond donors (Lipinski definition) is 0. The van der Waals surface area contributed by atoms with Gasteiger partial charge < -0.3 is 18.9 Å². The van der Waals surface area contributed by atoms with Gasteiger partial charge in [-0.1, -0.05) is 94.9 Å². The van der Waals surface area contributed by atoms with Gasteiger partial charge in [-0.05, 0) is 211 Å². The van der Waals surface area contributed by atoms with E-state index in [-0.39, 0.29) is 0 Å². The molecule has 7 atom stereocenters. The summed E-state index contributed by atoms with van der Waals surface area (Å²) in [5, 5.41) is 0. The lowest BCUT2D eigenvalue weighted by atomic mass is 9.46. The second-order valence-electron chi connectivity index (χ2n) is 26.0. The molecule has 4 nitrogen and oxygen atoms in total. The van der Waals surface area contributed by atoms with Crippen molar-refractivity contribution in [3.63, 3.8) is 0 Å². The maximum Gasteiger partial charge on any atom is 0.0781 e. The molecule has 0 spiro atoms. The largest absolute Gasteiger partial charge is 0.379 e. The molecule has 3 aliphatic heterocycles. The molecule has 3 saturated heterocycles. The van der Waals surface area contributed by atoms with Gasteiger partial charge in [-0.3, -0.25) is 0 Å². The molecule has 0 N–H and O–H groups in total. The van der Waals surface area contributed by atoms with Crippen LogP contribution in [0.25, 0.3) is 0 Å². The van der Waals surface area contributed by atoms with Crippen molar-refractivity contribution in [2.24, 2.45) is 74.4 Å². The minimum atomic E-state index is 0.314. The van der Waals surface area contributed by atoms with E-state index in [4.69, 9.17) is 18.9 Å². The van der Waals surface area contributed by atoms with E-state index in [1.54, 1.807) is 38.5 Å². The highest BCUT2D eigenvalue weighted by molar-refractivity contribution is 5.06. The minimum absolute atomic E-state index is 0.314. The van der Waals surface area contributed by atoms with E-state index in [1.165, 1.54) is 103 Å². The highest BCUT2D eigenvalue weighted by Gasteiger charge is 2.57. The molecule has 60 heavy (non-hydrogen) atoms. The van der Waals surface area contributed by atoms with Gasteiger partial charge in [-0.2, -0.15) is 0 Å². The molecule has 0 radical (unpaired) electrons. The molecule has 0 aromatic carbocycles. The van der Waals surface area contributed by atoms with Crippen molar-refractivity contribution in [1.82, 2.24) is 0 Å². The molecule has 0 amide bonds. The Labute approximate surface area is 374 Å². The van der Waals surface area contributed by atoms with Gasteiger partial charge in [0, 0.05) is 13.2 Å². The molecule has 8 bridgehead atoms. The van der Waals surface area contributed by atoms with Crippen molar-refractivity contribution in [3.05, 3.63) is 0 Å². The molecule has 12 aliphatic rings. The summed E-state index contributed by atoms with van der Waals surface area (Å²) in [5.41, 5.74) is 3.39. The molecule has 3 heterocycles. The van der Waals surface area contributed by atoms with Crippen LogP contribution in [-0.4, -0.2) is 51.3 Å². The highest BCUT2D eigenvalue weighted by atomic mass is 16.6. The van der Waals surface area contributed by atoms with Crippen LogP contribution in [0, 0.1) is 74.4 Å². The summed E-state index contributed by atoms with van der Waals surface area (Å²) in [4.78, 5) is 0. The summed E-state index contributed by atoms with van der Waals surface area (Å²) >= 11 is 0. The SMILES string of the molecule is CC1(C)C2CC3CC(C2)CC1C3.CC1(C)CC2CCC1C2.CC1(C)CC2CCC1C2(C)C.CC1(C)CCCCC1.CC1CCCCO1.CC1CCCO1.CC1COCCO1. The first-order chi connectivity index (χ1) is 28.2. The second kappa shape index (κ2) is 22.4. The first kappa shape index (κ1) is 50.8. The molecule has 12 rings (SSSR count). The van der Waals surface area contributed by atoms with Crippen molar-refractivity contribution in [2.75, 3.05) is 33.0 Å². The maximum absolute atomic E-state index is 5.28. The second-order valence-corrected chi connectivity index (χ2v) is 26.0. The van der Waals surface area contributed by atoms with Crippen molar-refractivity contribution in [2.45, 2.75) is 250 Å². The third kappa shape index (κ3) is 14.7. The Hall–Kier alpha value is -0.160. The number of fused-ring (bicyclic) bond motifs is 4. The number of rotatable bonds is 0. The zero-order valence-corrected chi connectivity index (χ0v) is 42.6. The van der Waals surface area contributed by atoms with E-state index in [2.05, 4.69) is 83.1 Å². The molecular formula is C56H104O4. The Morgan fingerprint density at radius 1 is 0.383 bits per heavy atom. The van der Waals surface area contributed by atoms with Gasteiger partial charge in [0.25, 0.3) is 0 Å². The molecule has 352 valence electrons. The lowest BCUT2D eigenvalue weighted by molar-refractivity contribution is -0.0876. The van der Waals surface area contributed by atoms with Crippen molar-refractivity contribution >= 4 is 0 Å². The van der Waals surface area contributed by atoms with Crippen LogP contribution in [0.15, 0.2) is 0 Å². The van der Waals surface area contributed by atoms with E-state index in [1.807, 2.05) is 6.92 Å². The van der Waals surface area contributed by atoms with Crippen LogP contribution in [0.1, 0.15) is 231 Å². The molecule has 7 unspecified atom stereocenters. The minimum Gasteiger partial charge on any atom is -0.379 e. The summed E-state index contributed by atoms with van der Waals surface area (Å²) in [6, 6.07) is 0. The van der Waals surface area contributed by atoms with Gasteiger partial charge >= 0.3 is 0 Å². The van der Waals surface area contributed by atoms with Gasteiger partial charge in [0.15, 0.2) is 0 Å². The zero-order valence-electron chi connectivity index (χ0n) is 42.6. The summed E-state index contributed by atoms with van der Waals surface area (Å²) in [5.74, 6) is 8.69. The van der Waals surface area contributed by atoms with E-state index in [0.29, 0.717) is 45.4 Å². The maximum atomic E-state index is 5.28. The van der Waals surface area contributed by atoms with Crippen LogP contribution in [0.4, 0.5) is 0 Å². The van der Waals surface area contributed by atoms with Crippen molar-refractivity contribution in [3.8, 4) is 0 Å². The lowest BCUT2D eigenvalue weighted by Gasteiger charge is -2.59. The van der Waals surface area contributed by atoms with Crippen molar-refractivity contribution in [1.29, 1.82) is 0 Å². The Morgan fingerprint density at radius 2 is 0.933 bits per heavy atom. The zero-order chi connectivity index (χ0) is 43.8. The average molecular weight is 841 g/mol. The van der Waals surface area contributed by atoms with E-state index in [9.17, 15) is 0 Å². The summed E-state index contributed by atoms with van der Waals surface area (Å²) in [6.07, 6.45) is 33.6. The van der Waals surface area contributed by atoms with Gasteiger partial charge in [0.1, 0.15) is 0 Å². The summed E-state index contributed by atoms with van der Waals surface area (Å²) in [7, 11) is 0. The van der Waals surface area contributed by atoms with Gasteiger partial charge in [-0.25, -0.2) is 0 Å².